The number of rotatable bonds is 34. The van der Waals surface area contributed by atoms with Crippen molar-refractivity contribution in [2.45, 2.75) is 102 Å². The van der Waals surface area contributed by atoms with Crippen molar-refractivity contribution in [2.75, 3.05) is 83.9 Å². The third-order valence-corrected chi connectivity index (χ3v) is 15.0. The number of unbranched alkanes of at least 4 members (excludes halogenated alkanes) is 3. The maximum Gasteiger partial charge on any atom is 0.326 e. The van der Waals surface area contributed by atoms with Crippen LogP contribution in [0.2, 0.25) is 0 Å². The third-order valence-electron chi connectivity index (χ3n) is 14.0. The van der Waals surface area contributed by atoms with Crippen LogP contribution in [-0.2, 0) is 57.9 Å². The van der Waals surface area contributed by atoms with Crippen LogP contribution >= 0.6 is 34.8 Å². The van der Waals surface area contributed by atoms with E-state index in [-0.39, 0.29) is 76.5 Å². The number of thiocarbonyl (C=S) groups is 1. The molecule has 1 unspecified atom stereocenters. The second kappa shape index (κ2) is 37.1. The van der Waals surface area contributed by atoms with Gasteiger partial charge in [-0.3, -0.25) is 53.2 Å². The highest BCUT2D eigenvalue weighted by Crippen LogP contribution is 2.19. The zero-order chi connectivity index (χ0) is 62.4. The fourth-order valence-corrected chi connectivity index (χ4v) is 10.2. The van der Waals surface area contributed by atoms with Crippen LogP contribution < -0.4 is 44.2 Å². The molecule has 0 spiro atoms. The van der Waals surface area contributed by atoms with Crippen LogP contribution in [0.5, 0.6) is 0 Å². The lowest BCUT2D eigenvalue weighted by atomic mass is 10.0. The Hall–Kier alpha value is -7.38. The summed E-state index contributed by atoms with van der Waals surface area (Å²) in [5.41, 5.74) is 26.3. The molecule has 1 aliphatic heterocycles. The van der Waals surface area contributed by atoms with Crippen molar-refractivity contribution in [3.8, 4) is 0 Å². The lowest BCUT2D eigenvalue weighted by Crippen LogP contribution is -2.54. The maximum absolute atomic E-state index is 13.9. The molecule has 1 aliphatic rings. The number of anilines is 1. The number of carbonyl (C=O) groups excluding carboxylic acids is 7. The van der Waals surface area contributed by atoms with E-state index in [2.05, 4.69) is 43.9 Å². The molecule has 28 heteroatoms. The summed E-state index contributed by atoms with van der Waals surface area (Å²) in [6, 6.07) is 17.9. The first-order valence-corrected chi connectivity index (χ1v) is 29.5. The van der Waals surface area contributed by atoms with Crippen molar-refractivity contribution < 1.29 is 63.3 Å². The summed E-state index contributed by atoms with van der Waals surface area (Å²) >= 11 is 7.85. The first-order chi connectivity index (χ1) is 40.4. The first-order valence-electron chi connectivity index (χ1n) is 28.0. The number of hydrogen-bond donors (Lipinski definition) is 11. The number of aliphatic carboxylic acids is 3. The Kier molecular flexibility index (Phi) is 30.6. The van der Waals surface area contributed by atoms with Crippen molar-refractivity contribution in [2.24, 2.45) is 22.9 Å². The first kappa shape index (κ1) is 70.1. The highest BCUT2D eigenvalue weighted by molar-refractivity contribution is 14.1. The number of carboxylic acid groups (broad SMARTS) is 3. The summed E-state index contributed by atoms with van der Waals surface area (Å²) in [6.07, 6.45) is 3.20. The molecule has 0 aromatic heterocycles. The van der Waals surface area contributed by atoms with Crippen LogP contribution in [0.25, 0.3) is 0 Å². The van der Waals surface area contributed by atoms with Gasteiger partial charge in [-0.1, -0.05) is 55.0 Å². The average Bonchev–Trinajstić information content (AvgIpc) is 3.65. The molecular weight excluding hydrogens is 1230 g/mol. The minimum Gasteiger partial charge on any atom is -0.481 e. The quantitative estimate of drug-likeness (QED) is 0.0228. The van der Waals surface area contributed by atoms with Crippen molar-refractivity contribution in [1.82, 2.24) is 40.4 Å². The molecule has 3 atom stereocenters. The van der Waals surface area contributed by atoms with Crippen molar-refractivity contribution >= 4 is 105 Å². The van der Waals surface area contributed by atoms with Crippen molar-refractivity contribution in [1.29, 1.82) is 0 Å². The fourth-order valence-electron chi connectivity index (χ4n) is 9.53. The highest BCUT2D eigenvalue weighted by Gasteiger charge is 2.28. The zero-order valence-electron chi connectivity index (χ0n) is 47.6. The summed E-state index contributed by atoms with van der Waals surface area (Å²) in [4.78, 5) is 132. The molecule has 4 rings (SSSR count). The Morgan fingerprint density at radius 1 is 0.588 bits per heavy atom. The van der Waals surface area contributed by atoms with Gasteiger partial charge in [-0.05, 0) is 127 Å². The van der Waals surface area contributed by atoms with E-state index in [1.807, 2.05) is 68.1 Å². The van der Waals surface area contributed by atoms with Crippen LogP contribution in [0, 0.1) is 3.57 Å². The topological polar surface area (TPSA) is 400 Å². The summed E-state index contributed by atoms with van der Waals surface area (Å²) in [5, 5.41) is 38.6. The van der Waals surface area contributed by atoms with Gasteiger partial charge in [0.25, 0.3) is 5.91 Å². The Morgan fingerprint density at radius 2 is 1.11 bits per heavy atom. The molecule has 0 aliphatic carbocycles. The number of nitrogens with zero attached hydrogens (tertiary/aromatic N) is 5. The van der Waals surface area contributed by atoms with Gasteiger partial charge < -0.3 is 64.4 Å². The molecule has 464 valence electrons. The van der Waals surface area contributed by atoms with Crippen LogP contribution in [0.3, 0.4) is 0 Å². The van der Waals surface area contributed by atoms with Gasteiger partial charge in [0.1, 0.15) is 12.1 Å². The number of amides is 8. The summed E-state index contributed by atoms with van der Waals surface area (Å²) in [5.74, 6) is -6.58. The molecule has 0 bridgehead atoms. The van der Waals surface area contributed by atoms with Gasteiger partial charge in [0.15, 0.2) is 0 Å². The number of carboxylic acids is 3. The largest absolute Gasteiger partial charge is 0.481 e. The number of hydrogen-bond acceptors (Lipinski definition) is 15. The summed E-state index contributed by atoms with van der Waals surface area (Å²) in [6.45, 7) is 3.17. The van der Waals surface area contributed by atoms with Gasteiger partial charge in [0.05, 0.1) is 31.2 Å². The molecule has 8 amide bonds. The van der Waals surface area contributed by atoms with E-state index < -0.39 is 72.5 Å². The average molecular weight is 1310 g/mol. The third kappa shape index (κ3) is 28.4. The maximum atomic E-state index is 13.9. The van der Waals surface area contributed by atoms with Crippen LogP contribution in [0.15, 0.2) is 72.8 Å². The molecule has 1 fully saturated rings. The molecule has 85 heavy (non-hydrogen) atoms. The molecule has 3 aromatic rings. The molecular formula is C57H80IN13O13S. The van der Waals surface area contributed by atoms with Crippen molar-refractivity contribution in [3.63, 3.8) is 0 Å². The van der Waals surface area contributed by atoms with Gasteiger partial charge in [0, 0.05) is 99.2 Å². The van der Waals surface area contributed by atoms with Gasteiger partial charge in [-0.2, -0.15) is 0 Å². The normalized spacial score (nSPS) is 15.4. The highest BCUT2D eigenvalue weighted by atomic mass is 127. The minimum absolute atomic E-state index is 0.0190. The Bertz CT molecular complexity index is 2750. The van der Waals surface area contributed by atoms with Gasteiger partial charge >= 0.3 is 23.9 Å². The summed E-state index contributed by atoms with van der Waals surface area (Å²) < 4.78 is 1.01. The second-order valence-corrected chi connectivity index (χ2v) is 22.7. The lowest BCUT2D eigenvalue weighted by molar-refractivity contribution is -0.141. The number of benzene rings is 3. The Morgan fingerprint density at radius 3 is 1.67 bits per heavy atom. The summed E-state index contributed by atoms with van der Waals surface area (Å²) in [7, 11) is 0. The molecule has 26 nitrogen and oxygen atoms in total. The number of urea groups is 1. The van der Waals surface area contributed by atoms with Crippen LogP contribution in [-0.4, -0.2) is 201 Å². The fraction of sp³-hybridized carbons (Fsp3) is 0.491. The van der Waals surface area contributed by atoms with Gasteiger partial charge in [-0.25, -0.2) is 14.4 Å². The molecule has 1 saturated heterocycles. The standard InChI is InChI=1S/C57H80IN13O13S/c58-42-17-11-40(12-18-42)32-71(23-5-4-6-45(55(80)81)65-57(84)66-46(56(82)83)21-22-53(77)78)54(79)41-15-9-39(10-16-41)31-63-51(76)7-2-1-3-8-52(85)64-43-19-13-38(14-20-43)30-44-33-69(36-49(61)74)27-26-67(34-47(59)72)24-25-68(35-48(60)73)28-29-70(44)37-50(62)75/h9-20,44-46H,1-8,21-37H2,(H2,59,72)(H2,60,73)(H2,61,74)(H2,62,75)(H,63,76)(H,64,85)(H,77,78)(H,80,81)(H,82,83)(H2,65,66,84)/t44?,45-,46-/m0/s1. The van der Waals surface area contributed by atoms with Crippen molar-refractivity contribution in [3.05, 3.63) is 98.6 Å². The van der Waals surface area contributed by atoms with Gasteiger partial charge in [0.2, 0.25) is 29.5 Å². The smallest absolute Gasteiger partial charge is 0.326 e. The molecule has 3 aromatic carbocycles. The van der Waals surface area contributed by atoms with Crippen LogP contribution in [0.1, 0.15) is 91.3 Å². The predicted molar refractivity (Wildman–Crippen MR) is 328 cm³/mol. The molecule has 0 saturated carbocycles. The molecule has 0 radical (unpaired) electrons. The Balaban J connectivity index is 1.25. The molecule has 1 heterocycles. The van der Waals surface area contributed by atoms with E-state index >= 15 is 0 Å². The number of halogens is 1. The van der Waals surface area contributed by atoms with E-state index in [1.165, 1.54) is 0 Å². The van der Waals surface area contributed by atoms with E-state index in [9.17, 15) is 58.2 Å². The minimum atomic E-state index is -1.53. The van der Waals surface area contributed by atoms with Crippen LogP contribution in [0.4, 0.5) is 10.5 Å². The van der Waals surface area contributed by atoms with E-state index in [1.54, 1.807) is 29.2 Å². The monoisotopic (exact) mass is 1310 g/mol. The zero-order valence-corrected chi connectivity index (χ0v) is 50.6. The number of nitrogens with one attached hydrogen (secondary N) is 4. The van der Waals surface area contributed by atoms with E-state index in [0.717, 1.165) is 38.8 Å². The molecule has 15 N–H and O–H groups in total. The predicted octanol–water partition coefficient (Wildman–Crippen LogP) is 1.25. The number of carbonyl (C=O) groups is 10. The second-order valence-electron chi connectivity index (χ2n) is 20.9. The number of primary amides is 4. The lowest BCUT2D eigenvalue weighted by Gasteiger charge is -2.38. The van der Waals surface area contributed by atoms with Gasteiger partial charge in [-0.15, -0.1) is 0 Å². The van der Waals surface area contributed by atoms with E-state index in [0.29, 0.717) is 88.5 Å². The SMILES string of the molecule is NC(=O)CN1CCN(CC(N)=O)CCN(CC(N)=O)C(Cc2ccc(NC(=S)CCCCCC(=O)NCc3ccc(C(=O)N(CCCC[C@H](NC(=O)N[C@@H](CCC(=O)O)C(=O)O)C(=O)O)Cc4ccc(I)cc4)cc3)cc2)CN(CC(N)=O)CC1. The Labute approximate surface area is 513 Å². The van der Waals surface area contributed by atoms with E-state index in [4.69, 9.17) is 40.3 Å². The number of nitrogens with two attached hydrogens (primary N) is 4.